The smallest absolute Gasteiger partial charge is 0.226 e. The van der Waals surface area contributed by atoms with E-state index in [-0.39, 0.29) is 17.8 Å². The first-order valence-corrected chi connectivity index (χ1v) is 7.47. The maximum atomic E-state index is 14.5. The van der Waals surface area contributed by atoms with Crippen LogP contribution in [-0.2, 0) is 16.0 Å². The Labute approximate surface area is 124 Å². The molecule has 2 aliphatic rings. The molecular formula is C16H21FN2O2. The average molecular weight is 292 g/mol. The lowest BCUT2D eigenvalue weighted by atomic mass is 10.1. The molecule has 114 valence electrons. The predicted molar refractivity (Wildman–Crippen MR) is 80.4 cm³/mol. The van der Waals surface area contributed by atoms with Crippen LogP contribution in [0.25, 0.3) is 0 Å². The first-order chi connectivity index (χ1) is 10.1. The van der Waals surface area contributed by atoms with Crippen LogP contribution in [-0.4, -0.2) is 39.3 Å². The quantitative estimate of drug-likeness (QED) is 0.839. The van der Waals surface area contributed by atoms with Crippen LogP contribution < -0.4 is 9.80 Å². The Kier molecular flexibility index (Phi) is 3.85. The highest BCUT2D eigenvalue weighted by molar-refractivity contribution is 5.94. The van der Waals surface area contributed by atoms with Crippen LogP contribution in [0, 0.1) is 5.82 Å². The van der Waals surface area contributed by atoms with Gasteiger partial charge in [0.15, 0.2) is 0 Å². The molecule has 4 nitrogen and oxygen atoms in total. The Morgan fingerprint density at radius 1 is 1.29 bits per heavy atom. The molecule has 2 aliphatic heterocycles. The number of ether oxygens (including phenoxy) is 1. The van der Waals surface area contributed by atoms with Gasteiger partial charge in [0.1, 0.15) is 5.82 Å². The molecule has 1 atom stereocenters. The van der Waals surface area contributed by atoms with E-state index in [4.69, 9.17) is 4.74 Å². The van der Waals surface area contributed by atoms with E-state index in [1.54, 1.807) is 19.1 Å². The fourth-order valence-corrected chi connectivity index (χ4v) is 3.22. The highest BCUT2D eigenvalue weighted by Gasteiger charge is 2.27. The third-order valence-electron chi connectivity index (χ3n) is 4.54. The van der Waals surface area contributed by atoms with Gasteiger partial charge < -0.3 is 14.5 Å². The van der Waals surface area contributed by atoms with Crippen molar-refractivity contribution in [2.24, 2.45) is 0 Å². The molecule has 0 aromatic heterocycles. The summed E-state index contributed by atoms with van der Waals surface area (Å²) < 4.78 is 19.8. The van der Waals surface area contributed by atoms with Crippen molar-refractivity contribution in [3.8, 4) is 0 Å². The van der Waals surface area contributed by atoms with Crippen LogP contribution in [0.4, 0.5) is 15.8 Å². The Morgan fingerprint density at radius 3 is 2.81 bits per heavy atom. The van der Waals surface area contributed by atoms with Crippen LogP contribution in [0.15, 0.2) is 12.1 Å². The summed E-state index contributed by atoms with van der Waals surface area (Å²) in [4.78, 5) is 15.5. The van der Waals surface area contributed by atoms with Gasteiger partial charge in [0.2, 0.25) is 5.91 Å². The summed E-state index contributed by atoms with van der Waals surface area (Å²) in [5.74, 6) is -0.200. The number of benzene rings is 1. The maximum Gasteiger partial charge on any atom is 0.226 e. The lowest BCUT2D eigenvalue weighted by Crippen LogP contribution is -2.26. The average Bonchev–Trinajstić information content (AvgIpc) is 2.91. The summed E-state index contributed by atoms with van der Waals surface area (Å²) in [7, 11) is 3.42. The molecule has 21 heavy (non-hydrogen) atoms. The van der Waals surface area contributed by atoms with Crippen LogP contribution in [0.5, 0.6) is 0 Å². The number of hydrogen-bond donors (Lipinski definition) is 0. The molecule has 0 N–H and O–H groups in total. The van der Waals surface area contributed by atoms with Crippen LogP contribution in [0.1, 0.15) is 24.8 Å². The van der Waals surface area contributed by atoms with Crippen molar-refractivity contribution in [3.63, 3.8) is 0 Å². The SMILES string of the molecule is COC1CCN(c2cc3c(cc2F)N(C)C(=O)CCC3)C1. The summed E-state index contributed by atoms with van der Waals surface area (Å²) in [5.41, 5.74) is 2.40. The van der Waals surface area contributed by atoms with Gasteiger partial charge in [-0.2, -0.15) is 0 Å². The normalized spacial score (nSPS) is 22.4. The van der Waals surface area contributed by atoms with Crippen molar-refractivity contribution < 1.29 is 13.9 Å². The standard InChI is InChI=1S/C16H21FN2O2/c1-18-14-9-13(17)15(19-7-6-12(10-19)21-2)8-11(14)4-3-5-16(18)20/h8-9,12H,3-7,10H2,1-2H3. The number of anilines is 2. The summed E-state index contributed by atoms with van der Waals surface area (Å²) in [5, 5.41) is 0. The number of carbonyl (C=O) groups is 1. The number of amides is 1. The van der Waals surface area contributed by atoms with Crippen molar-refractivity contribution in [1.82, 2.24) is 0 Å². The third-order valence-corrected chi connectivity index (χ3v) is 4.54. The molecule has 3 rings (SSSR count). The number of methoxy groups -OCH3 is 1. The van der Waals surface area contributed by atoms with Crippen molar-refractivity contribution in [2.75, 3.05) is 37.0 Å². The van der Waals surface area contributed by atoms with Gasteiger partial charge in [-0.05, 0) is 30.9 Å². The van der Waals surface area contributed by atoms with Gasteiger partial charge >= 0.3 is 0 Å². The fourth-order valence-electron chi connectivity index (χ4n) is 3.22. The van der Waals surface area contributed by atoms with E-state index in [2.05, 4.69) is 0 Å². The number of nitrogens with zero attached hydrogens (tertiary/aromatic N) is 2. The van der Waals surface area contributed by atoms with Gasteiger partial charge in [-0.25, -0.2) is 4.39 Å². The molecule has 2 heterocycles. The summed E-state index contributed by atoms with van der Waals surface area (Å²) >= 11 is 0. The summed E-state index contributed by atoms with van der Waals surface area (Å²) in [6.45, 7) is 1.53. The molecule has 0 radical (unpaired) electrons. The van der Waals surface area contributed by atoms with Gasteiger partial charge in [-0.3, -0.25) is 4.79 Å². The second-order valence-electron chi connectivity index (χ2n) is 5.83. The van der Waals surface area contributed by atoms with Crippen LogP contribution in [0.3, 0.4) is 0 Å². The Hall–Kier alpha value is -1.62. The number of fused-ring (bicyclic) bond motifs is 1. The summed E-state index contributed by atoms with van der Waals surface area (Å²) in [6, 6.07) is 3.42. The second-order valence-corrected chi connectivity index (χ2v) is 5.83. The first kappa shape index (κ1) is 14.3. The zero-order valence-electron chi connectivity index (χ0n) is 12.6. The third kappa shape index (κ3) is 2.62. The van der Waals surface area contributed by atoms with E-state index in [1.165, 1.54) is 6.07 Å². The fraction of sp³-hybridized carbons (Fsp3) is 0.562. The maximum absolute atomic E-state index is 14.5. The lowest BCUT2D eigenvalue weighted by molar-refractivity contribution is -0.118. The minimum absolute atomic E-state index is 0.0570. The zero-order chi connectivity index (χ0) is 15.0. The van der Waals surface area contributed by atoms with E-state index in [0.717, 1.165) is 37.9 Å². The summed E-state index contributed by atoms with van der Waals surface area (Å²) in [6.07, 6.45) is 3.26. The van der Waals surface area contributed by atoms with E-state index in [1.807, 2.05) is 11.0 Å². The first-order valence-electron chi connectivity index (χ1n) is 7.47. The predicted octanol–water partition coefficient (Wildman–Crippen LogP) is 2.35. The van der Waals surface area contributed by atoms with Crippen LogP contribution in [0.2, 0.25) is 0 Å². The van der Waals surface area contributed by atoms with E-state index < -0.39 is 0 Å². The van der Waals surface area contributed by atoms with Crippen molar-refractivity contribution in [3.05, 3.63) is 23.5 Å². The molecule has 1 fully saturated rings. The molecule has 1 amide bonds. The minimum atomic E-state index is -0.257. The number of aryl methyl sites for hydroxylation is 1. The van der Waals surface area contributed by atoms with Gasteiger partial charge in [0.25, 0.3) is 0 Å². The molecule has 0 bridgehead atoms. The number of hydrogen-bond acceptors (Lipinski definition) is 3. The Balaban J connectivity index is 1.94. The van der Waals surface area contributed by atoms with Gasteiger partial charge in [-0.1, -0.05) is 0 Å². The number of rotatable bonds is 2. The molecule has 0 aliphatic carbocycles. The minimum Gasteiger partial charge on any atom is -0.380 e. The van der Waals surface area contributed by atoms with Crippen LogP contribution >= 0.6 is 0 Å². The largest absolute Gasteiger partial charge is 0.380 e. The molecule has 1 unspecified atom stereocenters. The molecule has 0 spiro atoms. The molecule has 1 aromatic rings. The van der Waals surface area contributed by atoms with E-state index in [9.17, 15) is 9.18 Å². The van der Waals surface area contributed by atoms with Crippen molar-refractivity contribution in [2.45, 2.75) is 31.8 Å². The molecule has 5 heteroatoms. The lowest BCUT2D eigenvalue weighted by Gasteiger charge is -2.23. The molecule has 1 aromatic carbocycles. The van der Waals surface area contributed by atoms with Gasteiger partial charge in [-0.15, -0.1) is 0 Å². The number of halogens is 1. The van der Waals surface area contributed by atoms with Gasteiger partial charge in [0, 0.05) is 45.4 Å². The second kappa shape index (κ2) is 5.64. The number of carbonyl (C=O) groups excluding carboxylic acids is 1. The van der Waals surface area contributed by atoms with Crippen molar-refractivity contribution in [1.29, 1.82) is 0 Å². The molecular weight excluding hydrogens is 271 g/mol. The Morgan fingerprint density at radius 2 is 2.10 bits per heavy atom. The van der Waals surface area contributed by atoms with Crippen molar-refractivity contribution >= 4 is 17.3 Å². The molecule has 0 saturated carbocycles. The van der Waals surface area contributed by atoms with E-state index >= 15 is 0 Å². The monoisotopic (exact) mass is 292 g/mol. The topological polar surface area (TPSA) is 32.8 Å². The van der Waals surface area contributed by atoms with Gasteiger partial charge in [0.05, 0.1) is 11.8 Å². The molecule has 1 saturated heterocycles. The zero-order valence-corrected chi connectivity index (χ0v) is 12.6. The van der Waals surface area contributed by atoms with E-state index in [0.29, 0.717) is 17.8 Å². The highest BCUT2D eigenvalue weighted by Crippen LogP contribution is 2.34. The Bertz CT molecular complexity index is 561. The highest BCUT2D eigenvalue weighted by atomic mass is 19.1.